The molecule has 15 nitrogen and oxygen atoms in total. The molecule has 1 aromatic heterocycles. The first-order chi connectivity index (χ1) is 27.6. The molecule has 58 heavy (non-hydrogen) atoms. The summed E-state index contributed by atoms with van der Waals surface area (Å²) in [6.45, 7) is 5.40. The number of nitrogens with one attached hydrogen (secondary N) is 4. The number of likely N-dealkylation sites (tertiary alicyclic amines) is 2. The van der Waals surface area contributed by atoms with Gasteiger partial charge in [-0.05, 0) is 62.5 Å². The molecule has 0 radical (unpaired) electrons. The van der Waals surface area contributed by atoms with Gasteiger partial charge in [0.05, 0.1) is 51.2 Å². The molecule has 318 valence electrons. The Hall–Kier alpha value is -5.17. The van der Waals surface area contributed by atoms with Gasteiger partial charge < -0.3 is 45.1 Å². The number of benzene rings is 1. The van der Waals surface area contributed by atoms with Crippen LogP contribution in [0.15, 0.2) is 23.3 Å². The van der Waals surface area contributed by atoms with Crippen molar-refractivity contribution in [1.29, 1.82) is 0 Å². The van der Waals surface area contributed by atoms with E-state index in [0.29, 0.717) is 82.1 Å². The molecule has 1 unspecified atom stereocenters. The molecule has 0 spiro atoms. The first kappa shape index (κ1) is 42.4. The number of hydrogen-bond acceptors (Lipinski definition) is 10. The average molecular weight is 824 g/mol. The number of halogens is 5. The summed E-state index contributed by atoms with van der Waals surface area (Å²) in [5.41, 5.74) is 0.491. The number of hydrogen-bond donors (Lipinski definition) is 4. The van der Waals surface area contributed by atoms with E-state index in [9.17, 15) is 32.3 Å². The number of rotatable bonds is 11. The number of amidine groups is 1. The molecule has 3 saturated heterocycles. The standard InChI is InChI=1S/C38H50F5N9O6/c1-20(2)30(49-37(56)58-4)35(54)52-12-6-8-29(52)33-45-19-27(47-33)22-15-23(39)31(24(40)16-22)50-13-9-21(10-14-50)26-18-44-32(46-26)28-7-5-11-51(28)34(53)25(17-38(41,42)43)48-36(55)57-3/h15-16,19-21,25-26,28-30H,5-14,17-18H2,1-4H3,(H,44,46)(H,45,47)(H,48,55)(H,49,56)/t25-,26?,28-,29-,30-/m0/s1. The van der Waals surface area contributed by atoms with E-state index in [2.05, 4.69) is 30.3 Å². The molecular formula is C38H50F5N9O6. The van der Waals surface area contributed by atoms with E-state index in [1.54, 1.807) is 9.80 Å². The first-order valence-corrected chi connectivity index (χ1v) is 19.5. The van der Waals surface area contributed by atoms with E-state index in [1.807, 2.05) is 19.2 Å². The van der Waals surface area contributed by atoms with Crippen LogP contribution < -0.4 is 20.9 Å². The van der Waals surface area contributed by atoms with Gasteiger partial charge in [-0.1, -0.05) is 13.8 Å². The van der Waals surface area contributed by atoms with Gasteiger partial charge in [-0.2, -0.15) is 13.2 Å². The third-order valence-corrected chi connectivity index (χ3v) is 11.4. The fourth-order valence-electron chi connectivity index (χ4n) is 8.49. The Balaban J connectivity index is 1.05. The molecule has 0 saturated carbocycles. The van der Waals surface area contributed by atoms with E-state index in [-0.39, 0.29) is 41.6 Å². The van der Waals surface area contributed by atoms with Crippen LogP contribution in [0.4, 0.5) is 37.2 Å². The minimum absolute atomic E-state index is 0.0740. The van der Waals surface area contributed by atoms with Crippen LogP contribution in [-0.2, 0) is 19.1 Å². The molecule has 2 aromatic rings. The number of imidazole rings is 1. The van der Waals surface area contributed by atoms with Crippen LogP contribution in [0.5, 0.6) is 0 Å². The second-order valence-corrected chi connectivity index (χ2v) is 15.5. The molecule has 4 aliphatic heterocycles. The minimum atomic E-state index is -4.70. The van der Waals surface area contributed by atoms with Crippen molar-refractivity contribution in [2.24, 2.45) is 16.8 Å². The van der Waals surface area contributed by atoms with Crippen LogP contribution in [0.3, 0.4) is 0 Å². The van der Waals surface area contributed by atoms with Crippen molar-refractivity contribution >= 4 is 35.5 Å². The van der Waals surface area contributed by atoms with Crippen molar-refractivity contribution < 1.29 is 50.6 Å². The Bertz CT molecular complexity index is 1840. The van der Waals surface area contributed by atoms with Gasteiger partial charge in [0, 0.05) is 37.8 Å². The number of alkyl halides is 3. The molecule has 5 atom stereocenters. The van der Waals surface area contributed by atoms with E-state index >= 15 is 8.78 Å². The highest BCUT2D eigenvalue weighted by atomic mass is 19.4. The van der Waals surface area contributed by atoms with Crippen LogP contribution in [0, 0.1) is 23.5 Å². The van der Waals surface area contributed by atoms with Crippen LogP contribution in [0.2, 0.25) is 0 Å². The Morgan fingerprint density at radius 1 is 0.879 bits per heavy atom. The fraction of sp³-hybridized carbons (Fsp3) is 0.632. The molecule has 20 heteroatoms. The molecule has 4 amide bonds. The molecule has 3 fully saturated rings. The minimum Gasteiger partial charge on any atom is -0.453 e. The van der Waals surface area contributed by atoms with E-state index < -0.39 is 66.5 Å². The van der Waals surface area contributed by atoms with Gasteiger partial charge >= 0.3 is 18.4 Å². The maximum absolute atomic E-state index is 15.7. The molecule has 0 aliphatic carbocycles. The number of alkyl carbamates (subject to hydrolysis) is 2. The predicted octanol–water partition coefficient (Wildman–Crippen LogP) is 4.65. The lowest BCUT2D eigenvalue weighted by Gasteiger charge is -2.37. The molecule has 4 aliphatic rings. The lowest BCUT2D eigenvalue weighted by atomic mass is 9.89. The summed E-state index contributed by atoms with van der Waals surface area (Å²) in [5, 5.41) is 8.01. The van der Waals surface area contributed by atoms with Crippen LogP contribution >= 0.6 is 0 Å². The third kappa shape index (κ3) is 9.41. The summed E-state index contributed by atoms with van der Waals surface area (Å²) in [6, 6.07) is -1.27. The molecule has 5 heterocycles. The van der Waals surface area contributed by atoms with Crippen molar-refractivity contribution in [2.45, 2.75) is 95.2 Å². The summed E-state index contributed by atoms with van der Waals surface area (Å²) in [6.07, 6.45) is -3.09. The number of amides is 4. The van der Waals surface area contributed by atoms with Gasteiger partial charge in [-0.3, -0.25) is 14.6 Å². The normalized spacial score (nSPS) is 22.4. The van der Waals surface area contributed by atoms with Crippen LogP contribution in [-0.4, -0.2) is 127 Å². The zero-order valence-electron chi connectivity index (χ0n) is 32.8. The largest absolute Gasteiger partial charge is 0.453 e. The molecule has 6 rings (SSSR count). The van der Waals surface area contributed by atoms with Crippen molar-refractivity contribution in [2.75, 3.05) is 51.8 Å². The molecule has 4 N–H and O–H groups in total. The number of aliphatic imine (C=N–C) groups is 1. The summed E-state index contributed by atoms with van der Waals surface area (Å²) >= 11 is 0. The second kappa shape index (κ2) is 17.8. The number of piperidine rings is 1. The monoisotopic (exact) mass is 823 g/mol. The van der Waals surface area contributed by atoms with Crippen LogP contribution in [0.1, 0.15) is 70.7 Å². The number of carbonyl (C=O) groups excluding carboxylic acids is 4. The maximum Gasteiger partial charge on any atom is 0.407 e. The van der Waals surface area contributed by atoms with E-state index in [0.717, 1.165) is 7.11 Å². The van der Waals surface area contributed by atoms with Crippen LogP contribution in [0.25, 0.3) is 11.3 Å². The van der Waals surface area contributed by atoms with Gasteiger partial charge in [0.15, 0.2) is 0 Å². The maximum atomic E-state index is 15.7. The van der Waals surface area contributed by atoms with Gasteiger partial charge in [-0.15, -0.1) is 0 Å². The molecule has 0 bridgehead atoms. The quantitative estimate of drug-likeness (QED) is 0.236. The number of H-pyrrole nitrogens is 1. The second-order valence-electron chi connectivity index (χ2n) is 15.5. The number of methoxy groups -OCH3 is 2. The SMILES string of the molecule is COC(=O)N[C@@H](CC(F)(F)F)C(=O)N1CCC[C@H]1C1=NCC(C2CCN(c3c(F)cc(-c4cnc([C@@H]5CCCN5C(=O)[C@@H](NC(=O)OC)C(C)C)[nH]4)cc3F)CC2)N1. The Morgan fingerprint density at radius 3 is 2.09 bits per heavy atom. The van der Waals surface area contributed by atoms with Gasteiger partial charge in [0.25, 0.3) is 0 Å². The summed E-state index contributed by atoms with van der Waals surface area (Å²) in [5.74, 6) is -1.79. The lowest BCUT2D eigenvalue weighted by molar-refractivity contribution is -0.154. The fourth-order valence-corrected chi connectivity index (χ4v) is 8.49. The molecule has 1 aromatic carbocycles. The summed E-state index contributed by atoms with van der Waals surface area (Å²) in [7, 11) is 2.23. The highest BCUT2D eigenvalue weighted by Crippen LogP contribution is 2.36. The zero-order valence-corrected chi connectivity index (χ0v) is 32.8. The van der Waals surface area contributed by atoms with Crippen molar-refractivity contribution in [3.63, 3.8) is 0 Å². The third-order valence-electron chi connectivity index (χ3n) is 11.4. The van der Waals surface area contributed by atoms with E-state index in [4.69, 9.17) is 4.74 Å². The molecular weight excluding hydrogens is 773 g/mol. The number of carbonyl (C=O) groups is 4. The number of nitrogens with zero attached hydrogens (tertiary/aromatic N) is 5. The highest BCUT2D eigenvalue weighted by Gasteiger charge is 2.44. The number of ether oxygens (including phenoxy) is 2. The Morgan fingerprint density at radius 2 is 1.48 bits per heavy atom. The lowest BCUT2D eigenvalue weighted by Crippen LogP contribution is -2.55. The number of anilines is 1. The number of aromatic amines is 1. The van der Waals surface area contributed by atoms with Gasteiger partial charge in [0.2, 0.25) is 11.8 Å². The topological polar surface area (TPSA) is 174 Å². The smallest absolute Gasteiger partial charge is 0.407 e. The number of aromatic nitrogens is 2. The van der Waals surface area contributed by atoms with Crippen molar-refractivity contribution in [1.82, 2.24) is 35.7 Å². The van der Waals surface area contributed by atoms with Crippen molar-refractivity contribution in [3.05, 3.63) is 35.8 Å². The Kier molecular flexibility index (Phi) is 13.0. The summed E-state index contributed by atoms with van der Waals surface area (Å²) < 4.78 is 80.6. The highest BCUT2D eigenvalue weighted by molar-refractivity contribution is 5.95. The van der Waals surface area contributed by atoms with Gasteiger partial charge in [-0.25, -0.2) is 23.4 Å². The van der Waals surface area contributed by atoms with Crippen molar-refractivity contribution in [3.8, 4) is 11.3 Å². The summed E-state index contributed by atoms with van der Waals surface area (Å²) in [4.78, 5) is 67.4. The first-order valence-electron chi connectivity index (χ1n) is 19.5. The Labute approximate surface area is 332 Å². The van der Waals surface area contributed by atoms with Gasteiger partial charge in [0.1, 0.15) is 41.1 Å². The zero-order chi connectivity index (χ0) is 41.9. The predicted molar refractivity (Wildman–Crippen MR) is 201 cm³/mol. The van der Waals surface area contributed by atoms with E-state index in [1.165, 1.54) is 30.3 Å². The average Bonchev–Trinajstić information content (AvgIpc) is 4.02.